The lowest BCUT2D eigenvalue weighted by Crippen LogP contribution is -2.58. The summed E-state index contributed by atoms with van der Waals surface area (Å²) in [5.74, 6) is 3.84. The van der Waals surface area contributed by atoms with Gasteiger partial charge >= 0.3 is 0 Å². The molecule has 0 aromatic heterocycles. The minimum atomic E-state index is 0.392. The van der Waals surface area contributed by atoms with E-state index in [1.807, 2.05) is 0 Å². The Balaban J connectivity index is 1.10. The lowest BCUT2D eigenvalue weighted by atomic mass is 9.84. The van der Waals surface area contributed by atoms with E-state index in [9.17, 15) is 0 Å². The van der Waals surface area contributed by atoms with Crippen LogP contribution in [0, 0.1) is 11.8 Å². The minimum absolute atomic E-state index is 0.392. The Bertz CT molecular complexity index is 991. The molecule has 1 saturated heterocycles. The zero-order valence-corrected chi connectivity index (χ0v) is 32.3. The van der Waals surface area contributed by atoms with Crippen LogP contribution in [0.1, 0.15) is 130 Å². The molecule has 3 fully saturated rings. The molecule has 0 aromatic rings. The molecule has 0 spiro atoms. The number of rotatable bonds is 18. The first-order chi connectivity index (χ1) is 23.9. The van der Waals surface area contributed by atoms with E-state index >= 15 is 0 Å². The summed E-state index contributed by atoms with van der Waals surface area (Å²) in [5, 5.41) is 0. The molecular weight excluding hydrogens is 608 g/mol. The minimum Gasteiger partial charge on any atom is -0.380 e. The molecule has 0 aromatic carbocycles. The number of hydrogen-bond donors (Lipinski definition) is 0. The summed E-state index contributed by atoms with van der Waals surface area (Å²) >= 11 is 0. The molecule has 0 amide bonds. The van der Waals surface area contributed by atoms with E-state index in [4.69, 9.17) is 9.73 Å². The fraction of sp³-hybridized carbons (Fsp3) is 0.925. The molecule has 9 heteroatoms. The maximum atomic E-state index is 6.53. The smallest absolute Gasteiger partial charge is 0.0957 e. The summed E-state index contributed by atoms with van der Waals surface area (Å²) in [6.45, 7) is 22.7. The largest absolute Gasteiger partial charge is 0.380 e. The van der Waals surface area contributed by atoms with E-state index in [0.717, 1.165) is 97.9 Å². The van der Waals surface area contributed by atoms with Gasteiger partial charge in [-0.25, -0.2) is 0 Å². The van der Waals surface area contributed by atoms with Crippen LogP contribution < -0.4 is 0 Å². The molecule has 3 aliphatic heterocycles. The van der Waals surface area contributed by atoms with Crippen molar-refractivity contribution in [2.75, 3.05) is 85.6 Å². The third-order valence-electron chi connectivity index (χ3n) is 11.9. The molecule has 0 radical (unpaired) electrons. The van der Waals surface area contributed by atoms with Gasteiger partial charge in [-0.1, -0.05) is 58.3 Å². The molecule has 49 heavy (non-hydrogen) atoms. The number of nitrogens with zero attached hydrogens (tertiary/aromatic N) is 8. The molecule has 9 nitrogen and oxygen atoms in total. The Morgan fingerprint density at radius 2 is 1.29 bits per heavy atom. The van der Waals surface area contributed by atoms with Crippen molar-refractivity contribution in [1.29, 1.82) is 0 Å². The molecule has 2 aliphatic carbocycles. The highest BCUT2D eigenvalue weighted by molar-refractivity contribution is 5.85. The summed E-state index contributed by atoms with van der Waals surface area (Å²) < 4.78 is 6.53. The zero-order valence-electron chi connectivity index (χ0n) is 32.3. The highest BCUT2D eigenvalue weighted by atomic mass is 16.5. The van der Waals surface area contributed by atoms with Gasteiger partial charge in [0, 0.05) is 76.8 Å². The first-order valence-electron chi connectivity index (χ1n) is 20.8. The van der Waals surface area contributed by atoms with Crippen molar-refractivity contribution in [3.63, 3.8) is 0 Å². The van der Waals surface area contributed by atoms with Gasteiger partial charge < -0.3 is 14.5 Å². The molecule has 0 N–H and O–H groups in total. The zero-order chi connectivity index (χ0) is 34.3. The molecule has 0 bridgehead atoms. The molecule has 3 heterocycles. The van der Waals surface area contributed by atoms with Gasteiger partial charge in [-0.3, -0.25) is 29.7 Å². The first kappa shape index (κ1) is 38.7. The molecule has 2 saturated carbocycles. The maximum absolute atomic E-state index is 6.53. The van der Waals surface area contributed by atoms with Crippen LogP contribution in [0.4, 0.5) is 0 Å². The van der Waals surface area contributed by atoms with Crippen molar-refractivity contribution in [2.45, 2.75) is 143 Å². The first-order valence-corrected chi connectivity index (χ1v) is 20.8. The van der Waals surface area contributed by atoms with Gasteiger partial charge in [-0.15, -0.1) is 0 Å². The molecular formula is C40H74N8O. The van der Waals surface area contributed by atoms with Crippen molar-refractivity contribution in [3.8, 4) is 0 Å². The maximum Gasteiger partial charge on any atom is 0.0957 e. The number of aliphatic imine (C=N–C) groups is 3. The van der Waals surface area contributed by atoms with Crippen LogP contribution in [0.2, 0.25) is 0 Å². The van der Waals surface area contributed by atoms with Crippen LogP contribution in [0.25, 0.3) is 0 Å². The lowest BCUT2D eigenvalue weighted by molar-refractivity contribution is -0.0659. The van der Waals surface area contributed by atoms with Gasteiger partial charge in [0.15, 0.2) is 0 Å². The van der Waals surface area contributed by atoms with Crippen molar-refractivity contribution < 1.29 is 4.74 Å². The summed E-state index contributed by atoms with van der Waals surface area (Å²) in [6.07, 6.45) is 21.0. The average Bonchev–Trinajstić information content (AvgIpc) is 3.11. The van der Waals surface area contributed by atoms with Crippen LogP contribution in [-0.2, 0) is 4.74 Å². The summed E-state index contributed by atoms with van der Waals surface area (Å²) in [5.41, 5.74) is 1.52. The van der Waals surface area contributed by atoms with E-state index in [1.54, 1.807) is 0 Å². The van der Waals surface area contributed by atoms with E-state index in [-0.39, 0.29) is 0 Å². The Morgan fingerprint density at radius 3 is 1.86 bits per heavy atom. The fourth-order valence-corrected chi connectivity index (χ4v) is 8.93. The van der Waals surface area contributed by atoms with Crippen LogP contribution in [0.5, 0.6) is 0 Å². The highest BCUT2D eigenvalue weighted by Crippen LogP contribution is 2.29. The quantitative estimate of drug-likeness (QED) is 0.146. The summed E-state index contributed by atoms with van der Waals surface area (Å²) in [4.78, 5) is 27.8. The second-order valence-electron chi connectivity index (χ2n) is 16.4. The van der Waals surface area contributed by atoms with Crippen LogP contribution in [-0.4, -0.2) is 140 Å². The standard InChI is InChI=1S/C40H74N8O/c1-34(27-40(28-38-15-7-5-8-16-38)43-39-17-9-6-10-18-39)29-49-30-35(2)48-32-44(21-13-25-46-23-11-19-41-36(46)3)31-45(33-48)22-14-26-47-24-12-20-42-37(47)4/h34-35,38-39H,5-33H2,1-4H3. The molecule has 280 valence electrons. The highest BCUT2D eigenvalue weighted by Gasteiger charge is 2.27. The number of ether oxygens (including phenoxy) is 1. The van der Waals surface area contributed by atoms with Gasteiger partial charge in [0.05, 0.1) is 38.3 Å². The van der Waals surface area contributed by atoms with Gasteiger partial charge in [-0.05, 0) is 84.0 Å². The third-order valence-corrected chi connectivity index (χ3v) is 11.9. The van der Waals surface area contributed by atoms with Gasteiger partial charge in [0.2, 0.25) is 0 Å². The van der Waals surface area contributed by atoms with E-state index < -0.39 is 0 Å². The average molecular weight is 683 g/mol. The van der Waals surface area contributed by atoms with E-state index in [0.29, 0.717) is 18.0 Å². The van der Waals surface area contributed by atoms with Crippen molar-refractivity contribution >= 4 is 17.4 Å². The topological polar surface area (TPSA) is 62.5 Å². The Labute approximate surface area is 301 Å². The molecule has 5 rings (SSSR count). The Hall–Kier alpha value is -1.55. The van der Waals surface area contributed by atoms with Crippen molar-refractivity contribution in [2.24, 2.45) is 26.8 Å². The van der Waals surface area contributed by atoms with Gasteiger partial charge in [0.1, 0.15) is 0 Å². The van der Waals surface area contributed by atoms with Crippen molar-refractivity contribution in [3.05, 3.63) is 0 Å². The van der Waals surface area contributed by atoms with Crippen LogP contribution in [0.15, 0.2) is 15.0 Å². The molecule has 2 unspecified atom stereocenters. The fourth-order valence-electron chi connectivity index (χ4n) is 8.93. The summed E-state index contributed by atoms with van der Waals surface area (Å²) in [7, 11) is 0. The number of hydrogen-bond acceptors (Lipinski definition) is 9. The SMILES string of the molecule is CC1=NCCCN1CCCN1CN(CCCN2CCCN=C2C)CN(C(C)COCC(C)CC(CC2CCCCC2)=NC2CCCCC2)C1. The van der Waals surface area contributed by atoms with Crippen molar-refractivity contribution in [1.82, 2.24) is 24.5 Å². The second kappa shape index (κ2) is 21.1. The van der Waals surface area contributed by atoms with E-state index in [1.165, 1.54) is 114 Å². The molecule has 2 atom stereocenters. The molecule has 5 aliphatic rings. The van der Waals surface area contributed by atoms with Gasteiger partial charge in [-0.2, -0.15) is 0 Å². The van der Waals surface area contributed by atoms with Crippen LogP contribution in [0.3, 0.4) is 0 Å². The normalized spacial score (nSPS) is 24.6. The van der Waals surface area contributed by atoms with E-state index in [2.05, 4.69) is 62.2 Å². The Morgan fingerprint density at radius 1 is 0.714 bits per heavy atom. The second-order valence-corrected chi connectivity index (χ2v) is 16.4. The van der Waals surface area contributed by atoms with Gasteiger partial charge in [0.25, 0.3) is 0 Å². The lowest BCUT2D eigenvalue weighted by Gasteiger charge is -2.45. The predicted molar refractivity (Wildman–Crippen MR) is 207 cm³/mol. The summed E-state index contributed by atoms with van der Waals surface area (Å²) in [6, 6.07) is 0.975. The number of amidine groups is 2. The predicted octanol–water partition coefficient (Wildman–Crippen LogP) is 6.98. The van der Waals surface area contributed by atoms with Crippen LogP contribution >= 0.6 is 0 Å². The Kier molecular flexibility index (Phi) is 16.6. The third kappa shape index (κ3) is 13.5. The monoisotopic (exact) mass is 683 g/mol.